The first-order chi connectivity index (χ1) is 14.7. The molecule has 30 heavy (non-hydrogen) atoms. The third-order valence-corrected chi connectivity index (χ3v) is 9.84. The highest BCUT2D eigenvalue weighted by Crippen LogP contribution is 2.46. The molecule has 148 valence electrons. The molecule has 0 heterocycles. The molecule has 3 heteroatoms. The van der Waals surface area contributed by atoms with Crippen LogP contribution in [0.15, 0.2) is 115 Å². The molecule has 4 rings (SSSR count). The van der Waals surface area contributed by atoms with Crippen LogP contribution in [0, 0.1) is 0 Å². The van der Waals surface area contributed by atoms with Crippen molar-refractivity contribution in [3.05, 3.63) is 121 Å². The number of carbonyl (C=O) groups is 1. The van der Waals surface area contributed by atoms with Crippen molar-refractivity contribution in [1.29, 1.82) is 0 Å². The first-order valence-corrected chi connectivity index (χ1v) is 11.7. The predicted octanol–water partition coefficient (Wildman–Crippen LogP) is 4.76. The Labute approximate surface area is 177 Å². The number of ketones is 1. The second-order valence-corrected chi connectivity index (χ2v) is 10.7. The first kappa shape index (κ1) is 19.9. The number of aromatic hydroxyl groups is 1. The summed E-state index contributed by atoms with van der Waals surface area (Å²) >= 11 is 0. The van der Waals surface area contributed by atoms with E-state index in [1.165, 1.54) is 0 Å². The third kappa shape index (κ3) is 3.40. The number of Topliss-reactive ketones (excluding diaryl/α,β-unsaturated/α-hetero) is 1. The molecule has 0 bridgehead atoms. The molecule has 0 amide bonds. The number of phenolic OH excluding ortho intramolecular Hbond substituents is 1. The van der Waals surface area contributed by atoms with E-state index in [-0.39, 0.29) is 11.5 Å². The monoisotopic (exact) mass is 410 g/mol. The highest BCUT2D eigenvalue weighted by Gasteiger charge is 2.31. The molecular formula is C27H23O2P. The summed E-state index contributed by atoms with van der Waals surface area (Å²) in [4.78, 5) is 13.8. The van der Waals surface area contributed by atoms with Gasteiger partial charge in [-0.25, -0.2) is 0 Å². The zero-order chi connectivity index (χ0) is 21.0. The van der Waals surface area contributed by atoms with Gasteiger partial charge in [0.15, 0.2) is 5.78 Å². The minimum Gasteiger partial charge on any atom is -0.507 e. The fourth-order valence-corrected chi connectivity index (χ4v) is 8.34. The van der Waals surface area contributed by atoms with Crippen molar-refractivity contribution in [2.75, 3.05) is 0 Å². The second-order valence-electron chi connectivity index (χ2n) is 7.11. The number of rotatable bonds is 5. The third-order valence-electron chi connectivity index (χ3n) is 5.41. The Balaban J connectivity index is 2.17. The number of hydrogen-bond acceptors (Lipinski definition) is 2. The van der Waals surface area contributed by atoms with Gasteiger partial charge in [0.25, 0.3) is 0 Å². The topological polar surface area (TPSA) is 37.3 Å². The molecule has 4 aromatic carbocycles. The van der Waals surface area contributed by atoms with Crippen LogP contribution < -0.4 is 15.9 Å². The van der Waals surface area contributed by atoms with Gasteiger partial charge in [-0.1, -0.05) is 103 Å². The molecule has 0 fully saturated rings. The van der Waals surface area contributed by atoms with E-state index in [0.29, 0.717) is 5.56 Å². The maximum Gasteiger partial charge on any atom is 0.193 e. The minimum atomic E-state index is -2.43. The number of carbonyl (C=O) groups excluding carboxylic acids is 1. The molecule has 0 aliphatic rings. The molecule has 2 nitrogen and oxygen atoms in total. The van der Waals surface area contributed by atoms with Crippen molar-refractivity contribution in [1.82, 2.24) is 0 Å². The van der Waals surface area contributed by atoms with Crippen LogP contribution in [-0.4, -0.2) is 16.2 Å². The van der Waals surface area contributed by atoms with Gasteiger partial charge in [-0.05, 0) is 41.9 Å². The molecule has 0 radical (unpaired) electrons. The van der Waals surface area contributed by atoms with E-state index in [1.807, 2.05) is 61.5 Å². The summed E-state index contributed by atoms with van der Waals surface area (Å²) < 4.78 is 0. The quantitative estimate of drug-likeness (QED) is 0.380. The van der Waals surface area contributed by atoms with E-state index in [2.05, 4.69) is 36.4 Å². The van der Waals surface area contributed by atoms with Crippen molar-refractivity contribution in [3.63, 3.8) is 0 Å². The number of para-hydroxylation sites is 1. The van der Waals surface area contributed by atoms with E-state index in [9.17, 15) is 9.90 Å². The van der Waals surface area contributed by atoms with Crippen LogP contribution in [0.4, 0.5) is 0 Å². The molecule has 1 N–H and O–H groups in total. The normalized spacial score (nSPS) is 11.1. The lowest BCUT2D eigenvalue weighted by molar-refractivity contribution is 0.106. The van der Waals surface area contributed by atoms with Gasteiger partial charge in [0.1, 0.15) is 5.75 Å². The van der Waals surface area contributed by atoms with Gasteiger partial charge in [0.2, 0.25) is 0 Å². The molecule has 0 aromatic heterocycles. The minimum absolute atomic E-state index is 0.00846. The van der Waals surface area contributed by atoms with Gasteiger partial charge in [0.05, 0.1) is 5.56 Å². The van der Waals surface area contributed by atoms with E-state index in [1.54, 1.807) is 24.3 Å². The van der Waals surface area contributed by atoms with Crippen LogP contribution in [0.25, 0.3) is 0 Å². The van der Waals surface area contributed by atoms with Crippen molar-refractivity contribution in [2.24, 2.45) is 0 Å². The van der Waals surface area contributed by atoms with E-state index in [0.717, 1.165) is 21.2 Å². The largest absolute Gasteiger partial charge is 0.507 e. The van der Waals surface area contributed by atoms with Crippen LogP contribution in [0.5, 0.6) is 5.75 Å². The lowest BCUT2D eigenvalue weighted by Crippen LogP contribution is -2.32. The van der Waals surface area contributed by atoms with Crippen LogP contribution in [-0.2, 0) is 0 Å². The Hall–Kier alpha value is -3.35. The Morgan fingerprint density at radius 2 is 0.967 bits per heavy atom. The van der Waals surface area contributed by atoms with Gasteiger partial charge < -0.3 is 5.11 Å². The lowest BCUT2D eigenvalue weighted by atomic mass is 10.1. The van der Waals surface area contributed by atoms with Crippen LogP contribution in [0.1, 0.15) is 17.3 Å². The van der Waals surface area contributed by atoms with Crippen molar-refractivity contribution in [2.45, 2.75) is 6.92 Å². The summed E-state index contributed by atoms with van der Waals surface area (Å²) in [5.41, 5.74) is 0.335. The maximum absolute atomic E-state index is 13.8. The number of hydrogen-bond donors (Lipinski definition) is 1. The smallest absolute Gasteiger partial charge is 0.193 e. The fourth-order valence-electron chi connectivity index (χ4n) is 4.00. The zero-order valence-corrected chi connectivity index (χ0v) is 17.7. The van der Waals surface area contributed by atoms with Gasteiger partial charge in [-0.15, -0.1) is 0 Å². The molecule has 0 saturated heterocycles. The lowest BCUT2D eigenvalue weighted by Gasteiger charge is -2.31. The first-order valence-electron chi connectivity index (χ1n) is 9.88. The summed E-state index contributed by atoms with van der Waals surface area (Å²) in [5, 5.41) is 14.5. The number of phenols is 1. The van der Waals surface area contributed by atoms with Crippen LogP contribution in [0.2, 0.25) is 0 Å². The summed E-state index contributed by atoms with van der Waals surface area (Å²) in [6, 6.07) is 37.5. The van der Waals surface area contributed by atoms with Gasteiger partial charge in [-0.3, -0.25) is 4.79 Å². The molecule has 0 spiro atoms. The fraction of sp³-hybridized carbons (Fsp3) is 0.0370. The second kappa shape index (κ2) is 8.57. The summed E-state index contributed by atoms with van der Waals surface area (Å²) in [7, 11) is 0. The SMILES string of the molecule is CC(C(=O)c1ccccc1O)=P(c1ccccc1)(c1ccccc1)c1ccccc1. The van der Waals surface area contributed by atoms with Crippen molar-refractivity contribution in [3.8, 4) is 5.75 Å². The summed E-state index contributed by atoms with van der Waals surface area (Å²) in [6.45, 7) is -0.504. The molecule has 0 atom stereocenters. The summed E-state index contributed by atoms with van der Waals surface area (Å²) in [6.07, 6.45) is 0. The highest BCUT2D eigenvalue weighted by atomic mass is 31.2. The van der Waals surface area contributed by atoms with Gasteiger partial charge in [0, 0.05) is 5.29 Å². The summed E-state index contributed by atoms with van der Waals surface area (Å²) in [5.74, 6) is -0.118. The average molecular weight is 410 g/mol. The Bertz CT molecular complexity index is 1110. The zero-order valence-electron chi connectivity index (χ0n) is 16.8. The van der Waals surface area contributed by atoms with Crippen LogP contribution >= 0.6 is 6.89 Å². The van der Waals surface area contributed by atoms with Crippen molar-refractivity contribution < 1.29 is 9.90 Å². The molecule has 4 aromatic rings. The maximum atomic E-state index is 13.8. The van der Waals surface area contributed by atoms with Gasteiger partial charge in [-0.2, -0.15) is 0 Å². The van der Waals surface area contributed by atoms with Crippen molar-refractivity contribution >= 4 is 33.9 Å². The molecule has 0 aliphatic heterocycles. The number of benzene rings is 4. The van der Waals surface area contributed by atoms with Crippen LogP contribution in [0.3, 0.4) is 0 Å². The predicted molar refractivity (Wildman–Crippen MR) is 128 cm³/mol. The molecule has 0 aliphatic carbocycles. The standard InChI is InChI=1S/C27H23O2P/c1-21(27(29)25-19-11-12-20-26(25)28)30(22-13-5-2-6-14-22,23-15-7-3-8-16-23)24-17-9-4-10-18-24/h2-20,28H,1H3. The van der Waals surface area contributed by atoms with Gasteiger partial charge >= 0.3 is 0 Å². The van der Waals surface area contributed by atoms with E-state index in [4.69, 9.17) is 0 Å². The average Bonchev–Trinajstić information content (AvgIpc) is 2.81. The Morgan fingerprint density at radius 1 is 0.600 bits per heavy atom. The Morgan fingerprint density at radius 3 is 1.37 bits per heavy atom. The van der Waals surface area contributed by atoms with E-state index >= 15 is 0 Å². The Kier molecular flexibility index (Phi) is 5.70. The van der Waals surface area contributed by atoms with E-state index < -0.39 is 6.89 Å². The highest BCUT2D eigenvalue weighted by molar-refractivity contribution is 7.96. The molecular weight excluding hydrogens is 387 g/mol. The molecule has 0 unspecified atom stereocenters. The molecule has 0 saturated carbocycles.